The van der Waals surface area contributed by atoms with E-state index in [-0.39, 0.29) is 6.04 Å². The van der Waals surface area contributed by atoms with E-state index in [1.54, 1.807) is 0 Å². The smallest absolute Gasteiger partial charge is 0.0579 e. The van der Waals surface area contributed by atoms with Gasteiger partial charge < -0.3 is 5.32 Å². The van der Waals surface area contributed by atoms with Crippen molar-refractivity contribution in [3.8, 4) is 0 Å². The van der Waals surface area contributed by atoms with E-state index >= 15 is 0 Å². The zero-order chi connectivity index (χ0) is 15.2. The quantitative estimate of drug-likeness (QED) is 0.811. The average Bonchev–Trinajstić information content (AvgIpc) is 2.46. The SMILES string of the molecule is CCCNC(Cc1c(Cl)cccc1Cl)c1cc(C)ccn1. The van der Waals surface area contributed by atoms with E-state index in [4.69, 9.17) is 23.2 Å². The molecule has 2 nitrogen and oxygen atoms in total. The minimum absolute atomic E-state index is 0.113. The Balaban J connectivity index is 2.28. The van der Waals surface area contributed by atoms with Gasteiger partial charge in [0.2, 0.25) is 0 Å². The van der Waals surface area contributed by atoms with Gasteiger partial charge in [-0.1, -0.05) is 36.2 Å². The van der Waals surface area contributed by atoms with Crippen LogP contribution in [-0.2, 0) is 6.42 Å². The summed E-state index contributed by atoms with van der Waals surface area (Å²) in [5.74, 6) is 0. The van der Waals surface area contributed by atoms with E-state index in [2.05, 4.69) is 30.2 Å². The molecule has 0 bridgehead atoms. The lowest BCUT2D eigenvalue weighted by molar-refractivity contribution is 0.517. The van der Waals surface area contributed by atoms with Gasteiger partial charge in [0.15, 0.2) is 0 Å². The highest BCUT2D eigenvalue weighted by Crippen LogP contribution is 2.29. The third-order valence-corrected chi connectivity index (χ3v) is 4.11. The first kappa shape index (κ1) is 16.3. The van der Waals surface area contributed by atoms with Crippen LogP contribution in [-0.4, -0.2) is 11.5 Å². The van der Waals surface area contributed by atoms with E-state index in [1.165, 1.54) is 5.56 Å². The lowest BCUT2D eigenvalue weighted by atomic mass is 10.0. The Morgan fingerprint density at radius 1 is 1.19 bits per heavy atom. The Hall–Kier alpha value is -1.09. The molecule has 2 aromatic rings. The van der Waals surface area contributed by atoms with Crippen LogP contribution in [0.4, 0.5) is 0 Å². The first-order valence-corrected chi connectivity index (χ1v) is 7.96. The van der Waals surface area contributed by atoms with E-state index in [9.17, 15) is 0 Å². The van der Waals surface area contributed by atoms with Crippen LogP contribution in [0.3, 0.4) is 0 Å². The summed E-state index contributed by atoms with van der Waals surface area (Å²) in [6.45, 7) is 5.16. The maximum absolute atomic E-state index is 6.29. The predicted octanol–water partition coefficient (Wildman–Crippen LogP) is 4.98. The molecule has 0 aliphatic heterocycles. The number of pyridine rings is 1. The van der Waals surface area contributed by atoms with Crippen LogP contribution in [0.2, 0.25) is 10.0 Å². The van der Waals surface area contributed by atoms with Crippen LogP contribution in [0.5, 0.6) is 0 Å². The number of hydrogen-bond donors (Lipinski definition) is 1. The highest BCUT2D eigenvalue weighted by atomic mass is 35.5. The molecular formula is C17H20Cl2N2. The first-order valence-electron chi connectivity index (χ1n) is 7.20. The van der Waals surface area contributed by atoms with Crippen LogP contribution in [0.25, 0.3) is 0 Å². The summed E-state index contributed by atoms with van der Waals surface area (Å²) >= 11 is 12.6. The predicted molar refractivity (Wildman–Crippen MR) is 90.2 cm³/mol. The number of rotatable bonds is 6. The van der Waals surface area contributed by atoms with Crippen LogP contribution in [0.1, 0.15) is 36.2 Å². The van der Waals surface area contributed by atoms with Crippen molar-refractivity contribution in [2.75, 3.05) is 6.54 Å². The summed E-state index contributed by atoms with van der Waals surface area (Å²) in [6.07, 6.45) is 3.65. The Morgan fingerprint density at radius 2 is 1.90 bits per heavy atom. The fourth-order valence-corrected chi connectivity index (χ4v) is 2.83. The van der Waals surface area contributed by atoms with Gasteiger partial charge >= 0.3 is 0 Å². The third-order valence-electron chi connectivity index (χ3n) is 3.40. The van der Waals surface area contributed by atoms with Crippen molar-refractivity contribution in [1.29, 1.82) is 0 Å². The normalized spacial score (nSPS) is 12.4. The molecule has 1 heterocycles. The van der Waals surface area contributed by atoms with Crippen LogP contribution >= 0.6 is 23.2 Å². The fraction of sp³-hybridized carbons (Fsp3) is 0.353. The second kappa shape index (κ2) is 7.79. The number of benzene rings is 1. The largest absolute Gasteiger partial charge is 0.308 e. The number of aryl methyl sites for hydroxylation is 1. The van der Waals surface area contributed by atoms with Gasteiger partial charge in [0.25, 0.3) is 0 Å². The highest BCUT2D eigenvalue weighted by Gasteiger charge is 2.16. The minimum Gasteiger partial charge on any atom is -0.308 e. The molecular weight excluding hydrogens is 303 g/mol. The molecule has 2 rings (SSSR count). The van der Waals surface area contributed by atoms with Gasteiger partial charge in [-0.05, 0) is 61.7 Å². The lowest BCUT2D eigenvalue weighted by Gasteiger charge is -2.20. The standard InChI is InChI=1S/C17H20Cl2N2/c1-3-8-20-17(16-10-12(2)7-9-21-16)11-13-14(18)5-4-6-15(13)19/h4-7,9-10,17,20H,3,8,11H2,1-2H3. The molecule has 0 aliphatic rings. The van der Waals surface area contributed by atoms with E-state index < -0.39 is 0 Å². The fourth-order valence-electron chi connectivity index (χ4n) is 2.28. The molecule has 0 amide bonds. The Bertz CT molecular complexity index is 579. The zero-order valence-corrected chi connectivity index (χ0v) is 13.9. The van der Waals surface area contributed by atoms with Crippen LogP contribution in [0, 0.1) is 6.92 Å². The van der Waals surface area contributed by atoms with Gasteiger partial charge in [-0.2, -0.15) is 0 Å². The number of halogens is 2. The Kier molecular flexibility index (Phi) is 6.04. The molecule has 112 valence electrons. The lowest BCUT2D eigenvalue weighted by Crippen LogP contribution is -2.25. The van der Waals surface area contributed by atoms with Crippen LogP contribution in [0.15, 0.2) is 36.5 Å². The van der Waals surface area contributed by atoms with Gasteiger partial charge in [-0.15, -0.1) is 0 Å². The maximum Gasteiger partial charge on any atom is 0.0579 e. The topological polar surface area (TPSA) is 24.9 Å². The zero-order valence-electron chi connectivity index (χ0n) is 12.4. The average molecular weight is 323 g/mol. The van der Waals surface area contributed by atoms with Crippen molar-refractivity contribution in [1.82, 2.24) is 10.3 Å². The van der Waals surface area contributed by atoms with Gasteiger partial charge in [0.05, 0.1) is 11.7 Å². The molecule has 0 radical (unpaired) electrons. The summed E-state index contributed by atoms with van der Waals surface area (Å²) in [5, 5.41) is 4.95. The van der Waals surface area contributed by atoms with Crippen molar-refractivity contribution >= 4 is 23.2 Å². The van der Waals surface area contributed by atoms with E-state index in [1.807, 2.05) is 30.5 Å². The first-order chi connectivity index (χ1) is 10.1. The summed E-state index contributed by atoms with van der Waals surface area (Å²) < 4.78 is 0. The maximum atomic E-state index is 6.29. The molecule has 0 spiro atoms. The molecule has 1 unspecified atom stereocenters. The molecule has 0 saturated carbocycles. The second-order valence-electron chi connectivity index (χ2n) is 5.17. The molecule has 1 atom stereocenters. The number of nitrogens with one attached hydrogen (secondary N) is 1. The summed E-state index contributed by atoms with van der Waals surface area (Å²) in [7, 11) is 0. The van der Waals surface area contributed by atoms with Gasteiger partial charge in [-0.3, -0.25) is 4.98 Å². The Labute approximate surface area is 136 Å². The van der Waals surface area contributed by atoms with Gasteiger partial charge in [-0.25, -0.2) is 0 Å². The van der Waals surface area contributed by atoms with Crippen molar-refractivity contribution < 1.29 is 0 Å². The molecule has 1 aromatic heterocycles. The molecule has 4 heteroatoms. The number of hydrogen-bond acceptors (Lipinski definition) is 2. The molecule has 1 aromatic carbocycles. The van der Waals surface area contributed by atoms with Crippen molar-refractivity contribution in [2.24, 2.45) is 0 Å². The number of nitrogens with zero attached hydrogens (tertiary/aromatic N) is 1. The minimum atomic E-state index is 0.113. The highest BCUT2D eigenvalue weighted by molar-refractivity contribution is 6.36. The Morgan fingerprint density at radius 3 is 2.52 bits per heavy atom. The molecule has 0 saturated heterocycles. The van der Waals surface area contributed by atoms with Crippen molar-refractivity contribution in [2.45, 2.75) is 32.7 Å². The summed E-state index contributed by atoms with van der Waals surface area (Å²) in [6, 6.07) is 9.85. The van der Waals surface area contributed by atoms with Gasteiger partial charge in [0, 0.05) is 16.2 Å². The molecule has 21 heavy (non-hydrogen) atoms. The molecule has 1 N–H and O–H groups in total. The molecule has 0 aliphatic carbocycles. The second-order valence-corrected chi connectivity index (χ2v) is 5.98. The molecule has 0 fully saturated rings. The third kappa shape index (κ3) is 4.44. The summed E-state index contributed by atoms with van der Waals surface area (Å²) in [4.78, 5) is 4.50. The monoisotopic (exact) mass is 322 g/mol. The van der Waals surface area contributed by atoms with Gasteiger partial charge in [0.1, 0.15) is 0 Å². The summed E-state index contributed by atoms with van der Waals surface area (Å²) in [5.41, 5.74) is 3.20. The van der Waals surface area contributed by atoms with Crippen molar-refractivity contribution in [3.05, 3.63) is 63.4 Å². The number of aromatic nitrogens is 1. The van der Waals surface area contributed by atoms with E-state index in [0.29, 0.717) is 10.0 Å². The van der Waals surface area contributed by atoms with Crippen molar-refractivity contribution in [3.63, 3.8) is 0 Å². The van der Waals surface area contributed by atoms with Crippen LogP contribution < -0.4 is 5.32 Å². The van der Waals surface area contributed by atoms with E-state index in [0.717, 1.165) is 30.6 Å².